The molecule has 1 aliphatic carbocycles. The Bertz CT molecular complexity index is 158. The third kappa shape index (κ3) is 1.41. The lowest BCUT2D eigenvalue weighted by Crippen LogP contribution is -2.30. The number of aliphatic hydroxyl groups excluding tert-OH is 1. The zero-order valence-electron chi connectivity index (χ0n) is 5.41. The fourth-order valence-electron chi connectivity index (χ4n) is 0.738. The Morgan fingerprint density at radius 2 is 2.22 bits per heavy atom. The van der Waals surface area contributed by atoms with E-state index >= 15 is 0 Å². The summed E-state index contributed by atoms with van der Waals surface area (Å²) in [6, 6.07) is 0. The van der Waals surface area contributed by atoms with E-state index in [2.05, 4.69) is 9.24 Å². The summed E-state index contributed by atoms with van der Waals surface area (Å²) in [7, 11) is 2.62. The lowest BCUT2D eigenvalue weighted by Gasteiger charge is -2.26. The van der Waals surface area contributed by atoms with Crippen LogP contribution in [0.3, 0.4) is 0 Å². The summed E-state index contributed by atoms with van der Waals surface area (Å²) >= 11 is 0. The summed E-state index contributed by atoms with van der Waals surface area (Å²) in [6.07, 6.45) is 7.21. The quantitative estimate of drug-likeness (QED) is 0.502. The van der Waals surface area contributed by atoms with Gasteiger partial charge in [-0.25, -0.2) is 0 Å². The van der Waals surface area contributed by atoms with Gasteiger partial charge in [0.25, 0.3) is 0 Å². The zero-order valence-corrected chi connectivity index (χ0v) is 6.57. The molecule has 0 saturated carbocycles. The molecule has 0 aliphatic heterocycles. The van der Waals surface area contributed by atoms with E-state index in [0.717, 1.165) is 0 Å². The topological polar surface area (TPSA) is 20.2 Å². The predicted octanol–water partition coefficient (Wildman–Crippen LogP) is 1.11. The van der Waals surface area contributed by atoms with Crippen molar-refractivity contribution in [3.05, 3.63) is 24.3 Å². The Balaban J connectivity index is 2.78. The second-order valence-corrected chi connectivity index (χ2v) is 3.80. The standard InChI is InChI=1S/C7H11OP/c1-7(9)5-3-2-4-6(7)8/h2-6,8H,9H2,1H3. The molecule has 0 radical (unpaired) electrons. The fourth-order valence-corrected chi connectivity index (χ4v) is 0.960. The van der Waals surface area contributed by atoms with Crippen molar-refractivity contribution in [1.82, 2.24) is 0 Å². The Morgan fingerprint density at radius 1 is 1.56 bits per heavy atom. The van der Waals surface area contributed by atoms with Gasteiger partial charge in [-0.05, 0) is 6.92 Å². The molecule has 1 N–H and O–H groups in total. The molecule has 0 aromatic heterocycles. The lowest BCUT2D eigenvalue weighted by atomic mass is 9.99. The number of allylic oxidation sites excluding steroid dienone is 2. The van der Waals surface area contributed by atoms with E-state index in [1.807, 2.05) is 25.2 Å². The van der Waals surface area contributed by atoms with Crippen LogP contribution < -0.4 is 0 Å². The molecule has 50 valence electrons. The van der Waals surface area contributed by atoms with Crippen LogP contribution in [0.1, 0.15) is 6.92 Å². The highest BCUT2D eigenvalue weighted by molar-refractivity contribution is 7.19. The van der Waals surface area contributed by atoms with Gasteiger partial charge in [0.2, 0.25) is 0 Å². The van der Waals surface area contributed by atoms with Gasteiger partial charge in [0.1, 0.15) is 0 Å². The molecule has 1 aliphatic rings. The first-order valence-electron chi connectivity index (χ1n) is 2.96. The maximum absolute atomic E-state index is 9.28. The van der Waals surface area contributed by atoms with Gasteiger partial charge in [0.15, 0.2) is 0 Å². The second-order valence-electron chi connectivity index (χ2n) is 2.55. The van der Waals surface area contributed by atoms with E-state index in [4.69, 9.17) is 0 Å². The SMILES string of the molecule is CC1(P)C=CC=CC1O. The summed E-state index contributed by atoms with van der Waals surface area (Å²) in [5.74, 6) is 0. The van der Waals surface area contributed by atoms with Crippen LogP contribution in [0.4, 0.5) is 0 Å². The normalized spacial score (nSPS) is 41.4. The van der Waals surface area contributed by atoms with Crippen LogP contribution in [0.25, 0.3) is 0 Å². The largest absolute Gasteiger partial charge is 0.388 e. The maximum atomic E-state index is 9.28. The summed E-state index contributed by atoms with van der Waals surface area (Å²) in [5, 5.41) is 9.12. The first-order valence-corrected chi connectivity index (χ1v) is 3.53. The minimum atomic E-state index is -0.354. The summed E-state index contributed by atoms with van der Waals surface area (Å²) in [4.78, 5) is 0. The average Bonchev–Trinajstić information content (AvgIpc) is 1.77. The predicted molar refractivity (Wildman–Crippen MR) is 42.4 cm³/mol. The van der Waals surface area contributed by atoms with E-state index in [1.165, 1.54) is 0 Å². The van der Waals surface area contributed by atoms with Gasteiger partial charge in [-0.2, -0.15) is 0 Å². The molecule has 0 fully saturated rings. The van der Waals surface area contributed by atoms with Crippen LogP contribution in [0.2, 0.25) is 0 Å². The van der Waals surface area contributed by atoms with Gasteiger partial charge >= 0.3 is 0 Å². The van der Waals surface area contributed by atoms with Crippen molar-refractivity contribution in [2.75, 3.05) is 0 Å². The molecule has 1 rings (SSSR count). The Morgan fingerprint density at radius 3 is 2.56 bits per heavy atom. The number of hydrogen-bond donors (Lipinski definition) is 1. The molecule has 0 heterocycles. The third-order valence-corrected chi connectivity index (χ3v) is 2.03. The van der Waals surface area contributed by atoms with E-state index < -0.39 is 0 Å². The number of hydrogen-bond acceptors (Lipinski definition) is 1. The number of rotatable bonds is 0. The molecular weight excluding hydrogens is 131 g/mol. The molecule has 1 nitrogen and oxygen atoms in total. The molecule has 0 amide bonds. The van der Waals surface area contributed by atoms with Crippen LogP contribution in [0.15, 0.2) is 24.3 Å². The molecule has 2 heteroatoms. The van der Waals surface area contributed by atoms with Crippen molar-refractivity contribution in [2.45, 2.75) is 18.2 Å². The minimum absolute atomic E-state index is 0.158. The van der Waals surface area contributed by atoms with Gasteiger partial charge in [-0.3, -0.25) is 0 Å². The lowest BCUT2D eigenvalue weighted by molar-refractivity contribution is 0.198. The third-order valence-electron chi connectivity index (χ3n) is 1.50. The zero-order chi connectivity index (χ0) is 6.91. The average molecular weight is 142 g/mol. The Labute approximate surface area is 57.7 Å². The van der Waals surface area contributed by atoms with Crippen LogP contribution >= 0.6 is 9.24 Å². The van der Waals surface area contributed by atoms with Gasteiger partial charge in [-0.15, -0.1) is 9.24 Å². The van der Waals surface area contributed by atoms with Gasteiger partial charge < -0.3 is 5.11 Å². The summed E-state index contributed by atoms with van der Waals surface area (Å²) in [6.45, 7) is 1.97. The molecule has 9 heavy (non-hydrogen) atoms. The van der Waals surface area contributed by atoms with Gasteiger partial charge in [0, 0.05) is 5.16 Å². The molecule has 0 saturated heterocycles. The monoisotopic (exact) mass is 142 g/mol. The Hall–Kier alpha value is -0.130. The fraction of sp³-hybridized carbons (Fsp3) is 0.429. The van der Waals surface area contributed by atoms with Gasteiger partial charge in [0.05, 0.1) is 6.10 Å². The smallest absolute Gasteiger partial charge is 0.0846 e. The van der Waals surface area contributed by atoms with Gasteiger partial charge in [-0.1, -0.05) is 24.3 Å². The van der Waals surface area contributed by atoms with Crippen molar-refractivity contribution in [3.63, 3.8) is 0 Å². The van der Waals surface area contributed by atoms with Crippen molar-refractivity contribution in [1.29, 1.82) is 0 Å². The highest BCUT2D eigenvalue weighted by atomic mass is 31.0. The molecule has 3 unspecified atom stereocenters. The second kappa shape index (κ2) is 2.24. The van der Waals surface area contributed by atoms with Crippen LogP contribution in [0, 0.1) is 0 Å². The van der Waals surface area contributed by atoms with Crippen molar-refractivity contribution in [3.8, 4) is 0 Å². The molecule has 0 aromatic rings. The van der Waals surface area contributed by atoms with Crippen molar-refractivity contribution < 1.29 is 5.11 Å². The van der Waals surface area contributed by atoms with Crippen LogP contribution in [-0.4, -0.2) is 16.4 Å². The van der Waals surface area contributed by atoms with Crippen molar-refractivity contribution in [2.24, 2.45) is 0 Å². The summed E-state index contributed by atoms with van der Waals surface area (Å²) < 4.78 is 0. The Kier molecular flexibility index (Phi) is 1.74. The molecule has 0 bridgehead atoms. The highest BCUT2D eigenvalue weighted by Gasteiger charge is 2.23. The maximum Gasteiger partial charge on any atom is 0.0846 e. The molecule has 3 atom stereocenters. The van der Waals surface area contributed by atoms with Crippen LogP contribution in [0.5, 0.6) is 0 Å². The van der Waals surface area contributed by atoms with E-state index in [9.17, 15) is 5.11 Å². The summed E-state index contributed by atoms with van der Waals surface area (Å²) in [5.41, 5.74) is 0. The molecule has 0 aromatic carbocycles. The first kappa shape index (κ1) is 6.98. The van der Waals surface area contributed by atoms with Crippen molar-refractivity contribution >= 4 is 9.24 Å². The van der Waals surface area contributed by atoms with Crippen LogP contribution in [-0.2, 0) is 0 Å². The first-order chi connectivity index (χ1) is 4.13. The molecule has 0 spiro atoms. The minimum Gasteiger partial charge on any atom is -0.388 e. The van der Waals surface area contributed by atoms with E-state index in [1.54, 1.807) is 6.08 Å². The number of aliphatic hydroxyl groups is 1. The molecular formula is C7H11OP. The highest BCUT2D eigenvalue weighted by Crippen LogP contribution is 2.27. The van der Waals surface area contributed by atoms with E-state index in [0.29, 0.717) is 0 Å². The van der Waals surface area contributed by atoms with E-state index in [-0.39, 0.29) is 11.3 Å².